The third-order valence-electron chi connectivity index (χ3n) is 6.56. The van der Waals surface area contributed by atoms with Gasteiger partial charge >= 0.3 is 0 Å². The maximum atomic E-state index is 13.3. The van der Waals surface area contributed by atoms with Gasteiger partial charge in [-0.25, -0.2) is 0 Å². The summed E-state index contributed by atoms with van der Waals surface area (Å²) in [6.07, 6.45) is 0.554. The number of hydrogen-bond acceptors (Lipinski definition) is 7. The predicted molar refractivity (Wildman–Crippen MR) is 106 cm³/mol. The number of phenolic OH excluding ortho intramolecular Hbond substituents is 1. The molecular formula is C23H22O7. The zero-order valence-electron chi connectivity index (χ0n) is 16.9. The summed E-state index contributed by atoms with van der Waals surface area (Å²) in [6, 6.07) is 1.57. The summed E-state index contributed by atoms with van der Waals surface area (Å²) in [5.41, 5.74) is 1.05. The molecule has 1 aromatic carbocycles. The highest BCUT2D eigenvalue weighted by Crippen LogP contribution is 2.51. The van der Waals surface area contributed by atoms with Crippen LogP contribution in [0.25, 0.3) is 5.76 Å². The Bertz CT molecular complexity index is 1120. The van der Waals surface area contributed by atoms with Crippen LogP contribution < -0.4 is 0 Å². The lowest BCUT2D eigenvalue weighted by Gasteiger charge is -2.41. The van der Waals surface area contributed by atoms with Crippen molar-refractivity contribution in [1.82, 2.24) is 0 Å². The molecule has 7 heteroatoms. The fourth-order valence-electron chi connectivity index (χ4n) is 5.27. The molecule has 0 radical (unpaired) electrons. The quantitative estimate of drug-likeness (QED) is 0.505. The van der Waals surface area contributed by atoms with E-state index in [2.05, 4.69) is 0 Å². The summed E-state index contributed by atoms with van der Waals surface area (Å²) in [7, 11) is 0. The molecule has 156 valence electrons. The number of fused-ring (bicyclic) bond motifs is 3. The van der Waals surface area contributed by atoms with Gasteiger partial charge in [-0.3, -0.25) is 19.2 Å². The van der Waals surface area contributed by atoms with E-state index >= 15 is 0 Å². The second kappa shape index (κ2) is 6.65. The Morgan fingerprint density at radius 1 is 1.03 bits per heavy atom. The standard InChI is InChI=1S/C23H22O7/c1-8-4-13(9(2)24)14-6-11-5-12-7-15(26)16(10(3)25)21(28)18(12)22(29)17(11)23(30)19(14)20(8)27/h4,11-12,18,27-28,30H,5-7H2,1-3H3. The van der Waals surface area contributed by atoms with Crippen molar-refractivity contribution in [3.8, 4) is 5.75 Å². The van der Waals surface area contributed by atoms with Crippen molar-refractivity contribution >= 4 is 28.9 Å². The minimum atomic E-state index is -1.07. The molecule has 0 aliphatic heterocycles. The highest BCUT2D eigenvalue weighted by Gasteiger charge is 2.50. The van der Waals surface area contributed by atoms with Crippen molar-refractivity contribution in [3.05, 3.63) is 45.2 Å². The normalized spacial score (nSPS) is 25.6. The first-order chi connectivity index (χ1) is 14.0. The number of aromatic hydroxyl groups is 1. The summed E-state index contributed by atoms with van der Waals surface area (Å²) in [4.78, 5) is 49.7. The SMILES string of the molecule is CC(=O)C1=C(O)C2C(=O)C3=C(O)c4c(O)c(C)cc(C(C)=O)c4CC3CC2CC1=O. The predicted octanol–water partition coefficient (Wildman–Crippen LogP) is 2.92. The summed E-state index contributed by atoms with van der Waals surface area (Å²) in [6.45, 7) is 4.17. The molecule has 0 heterocycles. The van der Waals surface area contributed by atoms with Gasteiger partial charge in [0.1, 0.15) is 17.3 Å². The largest absolute Gasteiger partial charge is 0.511 e. The van der Waals surface area contributed by atoms with E-state index in [1.54, 1.807) is 13.0 Å². The van der Waals surface area contributed by atoms with Gasteiger partial charge in [0.25, 0.3) is 0 Å². The van der Waals surface area contributed by atoms with E-state index in [0.29, 0.717) is 23.1 Å². The molecule has 0 aromatic heterocycles. The van der Waals surface area contributed by atoms with Crippen LogP contribution >= 0.6 is 0 Å². The molecule has 3 unspecified atom stereocenters. The summed E-state index contributed by atoms with van der Waals surface area (Å²) in [5, 5.41) is 32.1. The van der Waals surface area contributed by atoms with Crippen LogP contribution in [0.5, 0.6) is 5.75 Å². The maximum absolute atomic E-state index is 13.3. The molecule has 3 atom stereocenters. The molecule has 0 saturated heterocycles. The molecule has 1 fully saturated rings. The number of allylic oxidation sites excluding steroid dienone is 3. The van der Waals surface area contributed by atoms with Crippen molar-refractivity contribution in [3.63, 3.8) is 0 Å². The van der Waals surface area contributed by atoms with Crippen molar-refractivity contribution in [2.75, 3.05) is 0 Å². The Morgan fingerprint density at radius 2 is 1.70 bits per heavy atom. The topological polar surface area (TPSA) is 129 Å². The van der Waals surface area contributed by atoms with Gasteiger partial charge in [0.15, 0.2) is 23.1 Å². The zero-order valence-corrected chi connectivity index (χ0v) is 16.9. The van der Waals surface area contributed by atoms with E-state index in [-0.39, 0.29) is 41.1 Å². The Morgan fingerprint density at radius 3 is 2.30 bits per heavy atom. The van der Waals surface area contributed by atoms with Gasteiger partial charge in [0, 0.05) is 17.6 Å². The molecule has 3 aliphatic rings. The number of phenols is 1. The van der Waals surface area contributed by atoms with E-state index in [9.17, 15) is 34.5 Å². The number of aliphatic hydroxyl groups excluding tert-OH is 2. The maximum Gasteiger partial charge on any atom is 0.173 e. The summed E-state index contributed by atoms with van der Waals surface area (Å²) >= 11 is 0. The van der Waals surface area contributed by atoms with Crippen LogP contribution in [0.15, 0.2) is 23.0 Å². The molecule has 0 spiro atoms. The number of aliphatic hydroxyl groups is 2. The first-order valence-corrected chi connectivity index (χ1v) is 9.85. The summed E-state index contributed by atoms with van der Waals surface area (Å²) in [5.74, 6) is -5.00. The Kier molecular flexibility index (Phi) is 4.45. The smallest absolute Gasteiger partial charge is 0.173 e. The molecular weight excluding hydrogens is 388 g/mol. The molecule has 4 rings (SSSR count). The van der Waals surface area contributed by atoms with E-state index in [1.165, 1.54) is 6.92 Å². The second-order valence-corrected chi connectivity index (χ2v) is 8.44. The molecule has 3 aliphatic carbocycles. The number of ketones is 4. The lowest BCUT2D eigenvalue weighted by atomic mass is 9.61. The van der Waals surface area contributed by atoms with Crippen LogP contribution in [0, 0.1) is 24.7 Å². The number of rotatable bonds is 2. The monoisotopic (exact) mass is 410 g/mol. The zero-order chi connectivity index (χ0) is 22.1. The molecule has 1 saturated carbocycles. The van der Waals surface area contributed by atoms with Crippen LogP contribution in [-0.2, 0) is 20.8 Å². The Balaban J connectivity index is 1.93. The molecule has 0 amide bonds. The number of Topliss-reactive ketones (excluding diaryl/α,β-unsaturated/α-hetero) is 4. The van der Waals surface area contributed by atoms with Gasteiger partial charge in [-0.15, -0.1) is 0 Å². The lowest BCUT2D eigenvalue weighted by molar-refractivity contribution is -0.127. The van der Waals surface area contributed by atoms with Gasteiger partial charge in [0.2, 0.25) is 0 Å². The van der Waals surface area contributed by atoms with Gasteiger partial charge in [-0.2, -0.15) is 0 Å². The van der Waals surface area contributed by atoms with Crippen LogP contribution in [0.1, 0.15) is 53.7 Å². The number of hydrogen-bond donors (Lipinski definition) is 3. The van der Waals surface area contributed by atoms with Gasteiger partial charge in [-0.05, 0) is 62.6 Å². The molecule has 3 N–H and O–H groups in total. The molecule has 7 nitrogen and oxygen atoms in total. The Hall–Kier alpha value is -3.22. The van der Waals surface area contributed by atoms with E-state index in [4.69, 9.17) is 0 Å². The van der Waals surface area contributed by atoms with Crippen molar-refractivity contribution < 1.29 is 34.5 Å². The fraction of sp³-hybridized carbons (Fsp3) is 0.391. The average Bonchev–Trinajstić information content (AvgIpc) is 2.63. The first kappa shape index (κ1) is 20.1. The number of aryl methyl sites for hydroxylation is 1. The van der Waals surface area contributed by atoms with E-state index in [0.717, 1.165) is 6.92 Å². The van der Waals surface area contributed by atoms with Crippen molar-refractivity contribution in [2.45, 2.75) is 40.0 Å². The third-order valence-corrected chi connectivity index (χ3v) is 6.56. The van der Waals surface area contributed by atoms with Gasteiger partial charge in [0.05, 0.1) is 17.1 Å². The fourth-order valence-corrected chi connectivity index (χ4v) is 5.27. The highest BCUT2D eigenvalue weighted by molar-refractivity contribution is 6.22. The molecule has 1 aromatic rings. The second-order valence-electron chi connectivity index (χ2n) is 8.44. The minimum Gasteiger partial charge on any atom is -0.511 e. The van der Waals surface area contributed by atoms with Gasteiger partial charge in [-0.1, -0.05) is 0 Å². The van der Waals surface area contributed by atoms with Gasteiger partial charge < -0.3 is 15.3 Å². The van der Waals surface area contributed by atoms with Crippen molar-refractivity contribution in [2.24, 2.45) is 17.8 Å². The van der Waals surface area contributed by atoms with E-state index < -0.39 is 46.6 Å². The molecule has 0 bridgehead atoms. The van der Waals surface area contributed by atoms with Crippen LogP contribution in [0.3, 0.4) is 0 Å². The number of benzene rings is 1. The number of carbonyl (C=O) groups is 4. The lowest BCUT2D eigenvalue weighted by Crippen LogP contribution is -2.43. The van der Waals surface area contributed by atoms with Crippen LogP contribution in [0.2, 0.25) is 0 Å². The van der Waals surface area contributed by atoms with E-state index in [1.807, 2.05) is 0 Å². The third kappa shape index (κ3) is 2.65. The Labute approximate surface area is 172 Å². The summed E-state index contributed by atoms with van der Waals surface area (Å²) < 4.78 is 0. The number of carbonyl (C=O) groups excluding carboxylic acids is 4. The first-order valence-electron chi connectivity index (χ1n) is 9.85. The molecule has 30 heavy (non-hydrogen) atoms. The average molecular weight is 410 g/mol. The minimum absolute atomic E-state index is 0.0362. The highest BCUT2D eigenvalue weighted by atomic mass is 16.3. The van der Waals surface area contributed by atoms with Crippen LogP contribution in [0.4, 0.5) is 0 Å². The van der Waals surface area contributed by atoms with Crippen LogP contribution in [-0.4, -0.2) is 38.5 Å². The van der Waals surface area contributed by atoms with Crippen molar-refractivity contribution in [1.29, 1.82) is 0 Å².